The zero-order valence-electron chi connectivity index (χ0n) is 17.4. The molecule has 0 unspecified atom stereocenters. The van der Waals surface area contributed by atoms with Gasteiger partial charge in [0.05, 0.1) is 22.8 Å². The van der Waals surface area contributed by atoms with Crippen LogP contribution >= 0.6 is 0 Å². The van der Waals surface area contributed by atoms with Crippen LogP contribution in [-0.4, -0.2) is 28.3 Å². The Morgan fingerprint density at radius 2 is 1.90 bits per heavy atom. The molecule has 1 heterocycles. The van der Waals surface area contributed by atoms with Gasteiger partial charge in [-0.05, 0) is 69.9 Å². The van der Waals surface area contributed by atoms with Gasteiger partial charge in [-0.1, -0.05) is 24.1 Å². The largest absolute Gasteiger partial charge is 0.456 e. The third-order valence-corrected chi connectivity index (χ3v) is 6.51. The summed E-state index contributed by atoms with van der Waals surface area (Å²) in [6.07, 6.45) is 5.41. The van der Waals surface area contributed by atoms with Crippen molar-refractivity contribution in [3.05, 3.63) is 41.2 Å². The van der Waals surface area contributed by atoms with Gasteiger partial charge in [-0.25, -0.2) is 4.68 Å². The molecule has 154 valence electrons. The van der Waals surface area contributed by atoms with Crippen LogP contribution in [0.15, 0.2) is 24.3 Å². The van der Waals surface area contributed by atoms with Gasteiger partial charge in [0.15, 0.2) is 6.61 Å². The standard InChI is InChI=1S/C23H29N3O3/c1-14-4-8-20(9-5-14)26-16(3)23(15(2)25-26)24-21(27)13-29-22(28)12-19-11-17-6-7-18(19)10-17/h4-5,8-9,17-19H,6-7,10-13H2,1-3H3,(H,24,27)/t17-,18-,19-/m1/s1. The number of anilines is 1. The number of carbonyl (C=O) groups is 2. The Labute approximate surface area is 171 Å². The predicted octanol–water partition coefficient (Wildman–Crippen LogP) is 4.11. The van der Waals surface area contributed by atoms with Crippen molar-refractivity contribution in [1.29, 1.82) is 0 Å². The van der Waals surface area contributed by atoms with Crippen LogP contribution in [0.25, 0.3) is 5.69 Å². The molecule has 1 aromatic heterocycles. The fourth-order valence-corrected chi connectivity index (χ4v) is 4.98. The highest BCUT2D eigenvalue weighted by molar-refractivity contribution is 5.93. The van der Waals surface area contributed by atoms with Gasteiger partial charge in [0.2, 0.25) is 0 Å². The predicted molar refractivity (Wildman–Crippen MR) is 111 cm³/mol. The summed E-state index contributed by atoms with van der Waals surface area (Å²) in [5.74, 6) is 1.33. The Hall–Kier alpha value is -2.63. The van der Waals surface area contributed by atoms with Crippen molar-refractivity contribution in [1.82, 2.24) is 9.78 Å². The molecule has 6 heteroatoms. The normalized spacial score (nSPS) is 22.7. The Morgan fingerprint density at radius 3 is 2.55 bits per heavy atom. The average molecular weight is 396 g/mol. The first-order valence-corrected chi connectivity index (χ1v) is 10.5. The first-order chi connectivity index (χ1) is 13.9. The maximum atomic E-state index is 12.4. The van der Waals surface area contributed by atoms with E-state index in [1.54, 1.807) is 0 Å². The van der Waals surface area contributed by atoms with Crippen molar-refractivity contribution < 1.29 is 14.3 Å². The van der Waals surface area contributed by atoms with Gasteiger partial charge >= 0.3 is 5.97 Å². The van der Waals surface area contributed by atoms with Crippen molar-refractivity contribution in [3.8, 4) is 5.69 Å². The van der Waals surface area contributed by atoms with Gasteiger partial charge in [0, 0.05) is 6.42 Å². The van der Waals surface area contributed by atoms with Crippen molar-refractivity contribution >= 4 is 17.6 Å². The molecule has 0 aliphatic heterocycles. The van der Waals surface area contributed by atoms with Crippen molar-refractivity contribution in [2.24, 2.45) is 17.8 Å². The highest BCUT2D eigenvalue weighted by atomic mass is 16.5. The van der Waals surface area contributed by atoms with E-state index in [1.807, 2.05) is 49.7 Å². The minimum Gasteiger partial charge on any atom is -0.456 e. The maximum absolute atomic E-state index is 12.4. The molecule has 1 N–H and O–H groups in total. The summed E-state index contributed by atoms with van der Waals surface area (Å²) in [5, 5.41) is 7.40. The number of carbonyl (C=O) groups excluding carboxylic acids is 2. The number of nitrogens with zero attached hydrogens (tertiary/aromatic N) is 2. The molecule has 2 aliphatic carbocycles. The molecule has 0 spiro atoms. The Morgan fingerprint density at radius 1 is 1.14 bits per heavy atom. The molecule has 4 rings (SSSR count). The van der Waals surface area contributed by atoms with Gasteiger partial charge in [-0.3, -0.25) is 9.59 Å². The van der Waals surface area contributed by atoms with Crippen LogP contribution in [0, 0.1) is 38.5 Å². The van der Waals surface area contributed by atoms with Crippen molar-refractivity contribution in [3.63, 3.8) is 0 Å². The number of benzene rings is 1. The van der Waals surface area contributed by atoms with E-state index in [9.17, 15) is 9.59 Å². The summed E-state index contributed by atoms with van der Waals surface area (Å²) in [6, 6.07) is 8.05. The summed E-state index contributed by atoms with van der Waals surface area (Å²) >= 11 is 0. The number of hydrogen-bond acceptors (Lipinski definition) is 4. The number of aromatic nitrogens is 2. The van der Waals surface area contributed by atoms with Gasteiger partial charge in [-0.2, -0.15) is 5.10 Å². The van der Waals surface area contributed by atoms with E-state index in [-0.39, 0.29) is 18.5 Å². The van der Waals surface area contributed by atoms with Crippen molar-refractivity contribution in [2.75, 3.05) is 11.9 Å². The molecule has 2 aromatic rings. The van der Waals surface area contributed by atoms with E-state index in [0.29, 0.717) is 23.9 Å². The quantitative estimate of drug-likeness (QED) is 0.747. The van der Waals surface area contributed by atoms with Gasteiger partial charge < -0.3 is 10.1 Å². The molecule has 29 heavy (non-hydrogen) atoms. The Balaban J connectivity index is 1.32. The minimum absolute atomic E-state index is 0.256. The number of nitrogens with one attached hydrogen (secondary N) is 1. The molecule has 2 saturated carbocycles. The highest BCUT2D eigenvalue weighted by Gasteiger charge is 2.40. The second kappa shape index (κ2) is 8.01. The van der Waals surface area contributed by atoms with Gasteiger partial charge in [-0.15, -0.1) is 0 Å². The molecule has 2 fully saturated rings. The summed E-state index contributed by atoms with van der Waals surface area (Å²) in [7, 11) is 0. The van der Waals surface area contributed by atoms with E-state index in [0.717, 1.165) is 29.4 Å². The molecule has 1 amide bonds. The lowest BCUT2D eigenvalue weighted by atomic mass is 9.86. The van der Waals surface area contributed by atoms with Crippen LogP contribution in [0.4, 0.5) is 5.69 Å². The van der Waals surface area contributed by atoms with E-state index in [1.165, 1.54) is 24.8 Å². The van der Waals surface area contributed by atoms with E-state index < -0.39 is 0 Å². The van der Waals surface area contributed by atoms with Gasteiger partial charge in [0.25, 0.3) is 5.91 Å². The first kappa shape index (κ1) is 19.7. The third kappa shape index (κ3) is 4.21. The topological polar surface area (TPSA) is 73.2 Å². The number of amides is 1. The average Bonchev–Trinajstić information content (AvgIpc) is 3.38. The second-order valence-electron chi connectivity index (χ2n) is 8.64. The van der Waals surface area contributed by atoms with E-state index in [2.05, 4.69) is 10.4 Å². The van der Waals surface area contributed by atoms with E-state index in [4.69, 9.17) is 4.74 Å². The SMILES string of the molecule is Cc1ccc(-n2nc(C)c(NC(=O)COC(=O)C[C@H]3C[C@@H]4CC[C@@H]3C4)c2C)cc1. The summed E-state index contributed by atoms with van der Waals surface area (Å²) < 4.78 is 7.06. The molecule has 1 aromatic carbocycles. The van der Waals surface area contributed by atoms with Crippen LogP contribution < -0.4 is 5.32 Å². The zero-order valence-corrected chi connectivity index (χ0v) is 17.4. The number of rotatable bonds is 6. The fraction of sp³-hybridized carbons (Fsp3) is 0.522. The van der Waals surface area contributed by atoms with Crippen molar-refractivity contribution in [2.45, 2.75) is 52.9 Å². The summed E-state index contributed by atoms with van der Waals surface area (Å²) in [5.41, 5.74) is 4.35. The summed E-state index contributed by atoms with van der Waals surface area (Å²) in [6.45, 7) is 5.55. The van der Waals surface area contributed by atoms with E-state index >= 15 is 0 Å². The number of aryl methyl sites for hydroxylation is 2. The monoisotopic (exact) mass is 395 g/mol. The lowest BCUT2D eigenvalue weighted by Gasteiger charge is -2.20. The van der Waals surface area contributed by atoms with Gasteiger partial charge in [0.1, 0.15) is 0 Å². The lowest BCUT2D eigenvalue weighted by molar-refractivity contribution is -0.148. The van der Waals surface area contributed by atoms with Crippen LogP contribution in [0.2, 0.25) is 0 Å². The van der Waals surface area contributed by atoms with Crippen LogP contribution in [0.3, 0.4) is 0 Å². The third-order valence-electron chi connectivity index (χ3n) is 6.51. The number of ether oxygens (including phenoxy) is 1. The zero-order chi connectivity index (χ0) is 20.5. The molecule has 3 atom stereocenters. The number of hydrogen-bond donors (Lipinski definition) is 1. The molecular weight excluding hydrogens is 366 g/mol. The molecule has 2 aliphatic rings. The maximum Gasteiger partial charge on any atom is 0.306 e. The first-order valence-electron chi connectivity index (χ1n) is 10.5. The van der Waals surface area contributed by atoms with Crippen LogP contribution in [0.1, 0.15) is 49.1 Å². The highest BCUT2D eigenvalue weighted by Crippen LogP contribution is 2.49. The minimum atomic E-state index is -0.332. The van der Waals surface area contributed by atoms with Crippen LogP contribution in [-0.2, 0) is 14.3 Å². The Kier molecular flexibility index (Phi) is 5.43. The summed E-state index contributed by atoms with van der Waals surface area (Å²) in [4.78, 5) is 24.5. The molecule has 2 bridgehead atoms. The molecule has 0 radical (unpaired) electrons. The molecule has 0 saturated heterocycles. The second-order valence-corrected chi connectivity index (χ2v) is 8.64. The fourth-order valence-electron chi connectivity index (χ4n) is 4.98. The molecular formula is C23H29N3O3. The lowest BCUT2D eigenvalue weighted by Crippen LogP contribution is -2.23. The Bertz CT molecular complexity index is 916. The number of esters is 1. The smallest absolute Gasteiger partial charge is 0.306 e. The van der Waals surface area contributed by atoms with Crippen LogP contribution in [0.5, 0.6) is 0 Å². The number of fused-ring (bicyclic) bond motifs is 2. The molecule has 6 nitrogen and oxygen atoms in total.